The molecule has 1 heterocycles. The Bertz CT molecular complexity index is 711. The number of hydrogen-bond donors (Lipinski definition) is 1. The van der Waals surface area contributed by atoms with Crippen LogP contribution in [-0.4, -0.2) is 47.9 Å². The molecule has 0 radical (unpaired) electrons. The number of ether oxygens (including phenoxy) is 1. The van der Waals surface area contributed by atoms with Gasteiger partial charge in [-0.2, -0.15) is 0 Å². The summed E-state index contributed by atoms with van der Waals surface area (Å²) in [6.07, 6.45) is 1.97. The van der Waals surface area contributed by atoms with Crippen molar-refractivity contribution in [1.82, 2.24) is 4.90 Å². The Labute approximate surface area is 150 Å². The molecule has 1 saturated carbocycles. The molecule has 0 aromatic heterocycles. The van der Waals surface area contributed by atoms with Crippen LogP contribution in [-0.2, 0) is 4.74 Å². The topological polar surface area (TPSA) is 116 Å². The van der Waals surface area contributed by atoms with Gasteiger partial charge < -0.3 is 15.4 Å². The Morgan fingerprint density at radius 1 is 1.24 bits per heavy atom. The number of carbonyl (C=O) groups excluding carboxylic acids is 2. The first-order valence-electron chi connectivity index (χ1n) is 7.83. The van der Waals surface area contributed by atoms with Crippen LogP contribution >= 0.6 is 12.4 Å². The molecule has 1 saturated heterocycles. The average molecular weight is 370 g/mol. The van der Waals surface area contributed by atoms with E-state index in [1.165, 1.54) is 19.2 Å². The SMILES string of the molecule is COC(=O)c1cc(C(=O)N2CC3CCC(N)C3C2)cc([N+](=O)[O-])c1.Cl. The maximum Gasteiger partial charge on any atom is 0.338 e. The maximum atomic E-state index is 12.7. The number of non-ortho nitro benzene ring substituents is 1. The van der Waals surface area contributed by atoms with E-state index < -0.39 is 10.9 Å². The third-order valence-corrected chi connectivity index (χ3v) is 5.00. The van der Waals surface area contributed by atoms with Gasteiger partial charge in [-0.1, -0.05) is 0 Å². The minimum atomic E-state index is -0.715. The number of nitro benzene ring substituents is 1. The molecule has 1 aromatic carbocycles. The highest BCUT2D eigenvalue weighted by Crippen LogP contribution is 2.37. The second-order valence-corrected chi connectivity index (χ2v) is 6.39. The number of nitro groups is 1. The lowest BCUT2D eigenvalue weighted by molar-refractivity contribution is -0.384. The van der Waals surface area contributed by atoms with Crippen LogP contribution in [0.2, 0.25) is 0 Å². The number of fused-ring (bicyclic) bond motifs is 1. The molecule has 1 amide bonds. The predicted molar refractivity (Wildman–Crippen MR) is 91.8 cm³/mol. The van der Waals surface area contributed by atoms with Crippen molar-refractivity contribution in [3.8, 4) is 0 Å². The number of nitrogens with two attached hydrogens (primary N) is 1. The van der Waals surface area contributed by atoms with Crippen molar-refractivity contribution in [2.75, 3.05) is 20.2 Å². The first-order valence-corrected chi connectivity index (χ1v) is 7.83. The second-order valence-electron chi connectivity index (χ2n) is 6.39. The Morgan fingerprint density at radius 3 is 2.52 bits per heavy atom. The largest absolute Gasteiger partial charge is 0.465 e. The number of amides is 1. The lowest BCUT2D eigenvalue weighted by Crippen LogP contribution is -2.33. The summed E-state index contributed by atoms with van der Waals surface area (Å²) in [5.41, 5.74) is 5.89. The van der Waals surface area contributed by atoms with E-state index in [4.69, 9.17) is 5.73 Å². The molecule has 0 bridgehead atoms. The molecule has 9 heteroatoms. The first-order chi connectivity index (χ1) is 11.4. The molecule has 136 valence electrons. The lowest BCUT2D eigenvalue weighted by Gasteiger charge is -2.19. The van der Waals surface area contributed by atoms with E-state index >= 15 is 0 Å². The van der Waals surface area contributed by atoms with E-state index in [2.05, 4.69) is 4.74 Å². The van der Waals surface area contributed by atoms with Gasteiger partial charge >= 0.3 is 5.97 Å². The molecule has 1 aliphatic heterocycles. The second kappa shape index (κ2) is 7.37. The van der Waals surface area contributed by atoms with Gasteiger partial charge in [0.15, 0.2) is 0 Å². The number of benzene rings is 1. The predicted octanol–water partition coefficient (Wildman–Crippen LogP) is 1.61. The number of hydrogen-bond acceptors (Lipinski definition) is 6. The van der Waals surface area contributed by atoms with Crippen molar-refractivity contribution in [3.63, 3.8) is 0 Å². The number of halogens is 1. The smallest absolute Gasteiger partial charge is 0.338 e. The summed E-state index contributed by atoms with van der Waals surface area (Å²) in [7, 11) is 1.19. The summed E-state index contributed by atoms with van der Waals surface area (Å²) < 4.78 is 4.60. The van der Waals surface area contributed by atoms with Crippen molar-refractivity contribution in [2.45, 2.75) is 18.9 Å². The van der Waals surface area contributed by atoms with Crippen LogP contribution in [0.5, 0.6) is 0 Å². The van der Waals surface area contributed by atoms with E-state index in [1.807, 2.05) is 0 Å². The molecular weight excluding hydrogens is 350 g/mol. The van der Waals surface area contributed by atoms with E-state index in [1.54, 1.807) is 4.90 Å². The fourth-order valence-electron chi connectivity index (χ4n) is 3.73. The van der Waals surface area contributed by atoms with E-state index in [-0.39, 0.29) is 47.1 Å². The minimum Gasteiger partial charge on any atom is -0.465 e. The van der Waals surface area contributed by atoms with Crippen LogP contribution in [0, 0.1) is 22.0 Å². The Morgan fingerprint density at radius 2 is 1.92 bits per heavy atom. The van der Waals surface area contributed by atoms with Gasteiger partial charge in [0.25, 0.3) is 11.6 Å². The highest BCUT2D eigenvalue weighted by atomic mass is 35.5. The lowest BCUT2D eigenvalue weighted by atomic mass is 9.98. The van der Waals surface area contributed by atoms with Crippen LogP contribution in [0.3, 0.4) is 0 Å². The maximum absolute atomic E-state index is 12.7. The fourth-order valence-corrected chi connectivity index (χ4v) is 3.73. The molecule has 0 spiro atoms. The summed E-state index contributed by atoms with van der Waals surface area (Å²) in [4.78, 5) is 36.6. The van der Waals surface area contributed by atoms with Crippen molar-refractivity contribution in [3.05, 3.63) is 39.4 Å². The minimum absolute atomic E-state index is 0. The third kappa shape index (κ3) is 3.59. The summed E-state index contributed by atoms with van der Waals surface area (Å²) in [5.74, 6) is -0.353. The third-order valence-electron chi connectivity index (χ3n) is 5.00. The number of likely N-dealkylation sites (tertiary alicyclic amines) is 1. The molecule has 25 heavy (non-hydrogen) atoms. The zero-order valence-corrected chi connectivity index (χ0v) is 14.5. The standard InChI is InChI=1S/C16H19N3O5.ClH/c1-24-16(21)11-4-10(5-12(6-11)19(22)23)15(20)18-7-9-2-3-14(17)13(9)8-18;/h4-6,9,13-14H,2-3,7-8,17H2,1H3;1H. The number of rotatable bonds is 3. The summed E-state index contributed by atoms with van der Waals surface area (Å²) >= 11 is 0. The average Bonchev–Trinajstić information content (AvgIpc) is 3.15. The zero-order chi connectivity index (χ0) is 17.4. The van der Waals surface area contributed by atoms with Gasteiger partial charge in [0.2, 0.25) is 0 Å². The van der Waals surface area contributed by atoms with E-state index in [9.17, 15) is 19.7 Å². The van der Waals surface area contributed by atoms with Crippen molar-refractivity contribution < 1.29 is 19.2 Å². The molecule has 3 unspecified atom stereocenters. The van der Waals surface area contributed by atoms with Gasteiger partial charge in [-0.3, -0.25) is 14.9 Å². The van der Waals surface area contributed by atoms with Gasteiger partial charge in [0.05, 0.1) is 17.6 Å². The summed E-state index contributed by atoms with van der Waals surface area (Å²) in [6, 6.07) is 3.75. The molecule has 2 aliphatic rings. The zero-order valence-electron chi connectivity index (χ0n) is 13.7. The van der Waals surface area contributed by atoms with E-state index in [0.29, 0.717) is 19.0 Å². The molecule has 1 aromatic rings. The summed E-state index contributed by atoms with van der Waals surface area (Å²) in [6.45, 7) is 1.16. The van der Waals surface area contributed by atoms with Gasteiger partial charge in [0, 0.05) is 36.8 Å². The van der Waals surface area contributed by atoms with Gasteiger partial charge in [-0.05, 0) is 30.7 Å². The number of carbonyl (C=O) groups is 2. The molecule has 3 rings (SSSR count). The molecule has 3 atom stereocenters. The fraction of sp³-hybridized carbons (Fsp3) is 0.500. The number of esters is 1. The van der Waals surface area contributed by atoms with Gasteiger partial charge in [0.1, 0.15) is 0 Å². The number of methoxy groups -OCH3 is 1. The monoisotopic (exact) mass is 369 g/mol. The molecule has 2 fully saturated rings. The van der Waals surface area contributed by atoms with Crippen LogP contribution in [0.25, 0.3) is 0 Å². The van der Waals surface area contributed by atoms with Crippen molar-refractivity contribution in [1.29, 1.82) is 0 Å². The Kier molecular flexibility index (Phi) is 5.64. The van der Waals surface area contributed by atoms with E-state index in [0.717, 1.165) is 18.9 Å². The van der Waals surface area contributed by atoms with Crippen molar-refractivity contribution in [2.24, 2.45) is 17.6 Å². The van der Waals surface area contributed by atoms with Crippen LogP contribution < -0.4 is 5.73 Å². The van der Waals surface area contributed by atoms with Gasteiger partial charge in [-0.25, -0.2) is 4.79 Å². The van der Waals surface area contributed by atoms with Crippen LogP contribution in [0.4, 0.5) is 5.69 Å². The highest BCUT2D eigenvalue weighted by Gasteiger charge is 2.42. The number of nitrogens with zero attached hydrogens (tertiary/aromatic N) is 2. The van der Waals surface area contributed by atoms with Gasteiger partial charge in [-0.15, -0.1) is 12.4 Å². The first kappa shape index (κ1) is 19.1. The van der Waals surface area contributed by atoms with Crippen molar-refractivity contribution >= 4 is 30.0 Å². The molecular formula is C16H20ClN3O5. The van der Waals surface area contributed by atoms with Crippen LogP contribution in [0.1, 0.15) is 33.6 Å². The Balaban J connectivity index is 0.00000225. The highest BCUT2D eigenvalue weighted by molar-refractivity contribution is 5.99. The normalized spacial score (nSPS) is 24.4. The molecule has 2 N–H and O–H groups in total. The van der Waals surface area contributed by atoms with Crippen LogP contribution in [0.15, 0.2) is 18.2 Å². The summed E-state index contributed by atoms with van der Waals surface area (Å²) in [5, 5.41) is 11.1. The molecule has 8 nitrogen and oxygen atoms in total. The quantitative estimate of drug-likeness (QED) is 0.491. The Hall–Kier alpha value is -2.19. The molecule has 1 aliphatic carbocycles.